The molecule has 6 aromatic carbocycles. The molecule has 0 spiro atoms. The number of hydrogen-bond acceptors (Lipinski definition) is 1. The van der Waals surface area contributed by atoms with Gasteiger partial charge < -0.3 is 5.32 Å². The molecule has 6 rings (SSSR count). The smallest absolute Gasteiger partial charge is 0 e. The second-order valence-corrected chi connectivity index (χ2v) is 22.6. The summed E-state index contributed by atoms with van der Waals surface area (Å²) in [6.07, 6.45) is 0. The number of nitrogens with one attached hydrogen (secondary N) is 1. The maximum Gasteiger partial charge on any atom is 0 e. The summed E-state index contributed by atoms with van der Waals surface area (Å²) in [6, 6.07) is 40.6. The molecule has 6 aromatic rings. The summed E-state index contributed by atoms with van der Waals surface area (Å²) in [7, 11) is 0. The molecule has 0 heterocycles. The largest absolute Gasteiger partial charge is 0 e. The molecular formula is C70H89MoN3O2. The Kier molecular flexibility index (Phi) is 29.6. The van der Waals surface area contributed by atoms with Gasteiger partial charge in [0.1, 0.15) is 0 Å². The van der Waals surface area contributed by atoms with Crippen LogP contribution >= 0.6 is 0 Å². The second kappa shape index (κ2) is 32.9. The monoisotopic (exact) mass is 1100 g/mol. The third-order valence-corrected chi connectivity index (χ3v) is 13.5. The maximum atomic E-state index is 8.26. The van der Waals surface area contributed by atoms with E-state index in [2.05, 4.69) is 276 Å². The van der Waals surface area contributed by atoms with Crippen molar-refractivity contribution in [3.8, 4) is 44.5 Å². The fraction of sp³-hybridized carbons (Fsp3) is 0.429. The molecule has 0 aliphatic heterocycles. The summed E-state index contributed by atoms with van der Waals surface area (Å²) in [5, 5.41) is 3.31. The average molecular weight is 1100 g/mol. The molecule has 0 fully saturated rings. The van der Waals surface area contributed by atoms with Gasteiger partial charge in [-0.3, -0.25) is 0 Å². The van der Waals surface area contributed by atoms with Gasteiger partial charge >= 0.3 is 22.6 Å². The van der Waals surface area contributed by atoms with Crippen LogP contribution in [0.1, 0.15) is 230 Å². The molecule has 0 aromatic heterocycles. The molecule has 0 saturated carbocycles. The maximum absolute atomic E-state index is 8.26. The van der Waals surface area contributed by atoms with Gasteiger partial charge in [0.05, 0.1) is 13.1 Å². The minimum atomic E-state index is 0. The Morgan fingerprint density at radius 3 is 0.539 bits per heavy atom. The van der Waals surface area contributed by atoms with Crippen molar-refractivity contribution in [1.82, 2.24) is 5.32 Å². The van der Waals surface area contributed by atoms with Crippen LogP contribution in [-0.2, 0) is 30.4 Å². The van der Waals surface area contributed by atoms with Crippen LogP contribution in [0.15, 0.2) is 109 Å². The normalized spacial score (nSPS) is 10.8. The Morgan fingerprint density at radius 2 is 0.434 bits per heavy atom. The van der Waals surface area contributed by atoms with Crippen LogP contribution in [0.3, 0.4) is 0 Å². The number of rotatable bonds is 14. The van der Waals surface area contributed by atoms with E-state index in [1.165, 1.54) is 66.8 Å². The van der Waals surface area contributed by atoms with Gasteiger partial charge in [-0.2, -0.15) is 0 Å². The SMILES string of the molecule is CC(C)NC(C)C.[C-]#[N+]c1c(-c2c(C(C)C)cccc2C(C)C)cccc1-c1c(C(C)C)cccc1C(C)C.[C-]#[N+]c1c(-c2c(C(C)C)cccc2C(C)C)cccc1-c1c(C(C)C)cccc1C(C)C.[C-]#[O+].[C-]#[O+].[Mo]. The molecular weight excluding hydrogens is 1010 g/mol. The average Bonchev–Trinajstić information content (AvgIpc) is 3.38. The molecule has 0 amide bonds. The number of para-hydroxylation sites is 2. The van der Waals surface area contributed by atoms with E-state index in [9.17, 15) is 0 Å². The van der Waals surface area contributed by atoms with E-state index in [0.29, 0.717) is 59.4 Å². The zero-order chi connectivity index (χ0) is 57.0. The molecule has 0 unspecified atom stereocenters. The summed E-state index contributed by atoms with van der Waals surface area (Å²) < 4.78 is 15.0. The topological polar surface area (TPSA) is 60.5 Å². The van der Waals surface area contributed by atoms with E-state index in [4.69, 9.17) is 22.4 Å². The first-order valence-electron chi connectivity index (χ1n) is 27.2. The standard InChI is InChI=1S/2C31H37N.C6H15N.2CO.Mo/c2*1-19(2)23-13-10-14-24(20(3)4)29(23)27-17-12-18-28(31(27)32-9)30-25(21(5)6)15-11-16-26(30)22(7)8;1-5(2)7-6(3)4;2*1-2;/h2*10-22H,1-8H3;5-7H,1-4H3;;;. The van der Waals surface area contributed by atoms with E-state index < -0.39 is 0 Å². The Hall–Kier alpha value is -5.57. The van der Waals surface area contributed by atoms with Crippen LogP contribution in [0.2, 0.25) is 0 Å². The van der Waals surface area contributed by atoms with Gasteiger partial charge in [-0.1, -0.05) is 248 Å². The van der Waals surface area contributed by atoms with Crippen molar-refractivity contribution >= 4 is 11.4 Å². The van der Waals surface area contributed by atoms with Crippen molar-refractivity contribution in [3.63, 3.8) is 0 Å². The summed E-state index contributed by atoms with van der Waals surface area (Å²) in [5.41, 5.74) is 21.4. The van der Waals surface area contributed by atoms with E-state index in [1.54, 1.807) is 0 Å². The summed E-state index contributed by atoms with van der Waals surface area (Å²) in [6.45, 7) is 70.1. The van der Waals surface area contributed by atoms with E-state index in [1.807, 2.05) is 0 Å². The van der Waals surface area contributed by atoms with E-state index in [-0.39, 0.29) is 21.1 Å². The third kappa shape index (κ3) is 17.2. The molecule has 1 N–H and O–H groups in total. The van der Waals surface area contributed by atoms with Crippen LogP contribution in [0.25, 0.3) is 54.2 Å². The van der Waals surface area contributed by atoms with Crippen molar-refractivity contribution in [1.29, 1.82) is 0 Å². The summed E-state index contributed by atoms with van der Waals surface area (Å²) in [4.78, 5) is 8.35. The molecule has 0 aliphatic carbocycles. The predicted octanol–water partition coefficient (Wildman–Crippen LogP) is 21.4. The Balaban J connectivity index is 0.000000631. The first-order valence-corrected chi connectivity index (χ1v) is 27.2. The molecule has 0 atom stereocenters. The number of benzene rings is 6. The van der Waals surface area contributed by atoms with Gasteiger partial charge in [-0.25, -0.2) is 9.69 Å². The van der Waals surface area contributed by atoms with E-state index >= 15 is 0 Å². The molecule has 5 nitrogen and oxygen atoms in total. The van der Waals surface area contributed by atoms with E-state index in [0.717, 1.165) is 33.6 Å². The summed E-state index contributed by atoms with van der Waals surface area (Å²) >= 11 is 0. The first-order chi connectivity index (χ1) is 35.5. The Labute approximate surface area is 476 Å². The van der Waals surface area contributed by atoms with Crippen molar-refractivity contribution in [3.05, 3.63) is 190 Å². The molecule has 0 radical (unpaired) electrons. The molecule has 402 valence electrons. The van der Waals surface area contributed by atoms with Crippen LogP contribution in [0.4, 0.5) is 11.4 Å². The molecule has 76 heavy (non-hydrogen) atoms. The van der Waals surface area contributed by atoms with Crippen LogP contribution in [0.5, 0.6) is 0 Å². The fourth-order valence-corrected chi connectivity index (χ4v) is 10.2. The third-order valence-electron chi connectivity index (χ3n) is 13.5. The summed E-state index contributed by atoms with van der Waals surface area (Å²) in [5.74, 6) is 3.11. The van der Waals surface area contributed by atoms with Gasteiger partial charge in [0, 0.05) is 33.1 Å². The van der Waals surface area contributed by atoms with Gasteiger partial charge in [-0.15, -0.1) is 0 Å². The van der Waals surface area contributed by atoms with Gasteiger partial charge in [-0.05, 0) is 136 Å². The van der Waals surface area contributed by atoms with Crippen molar-refractivity contribution in [2.75, 3.05) is 0 Å². The van der Waals surface area contributed by atoms with Crippen molar-refractivity contribution in [2.24, 2.45) is 0 Å². The van der Waals surface area contributed by atoms with Crippen LogP contribution in [-0.4, -0.2) is 12.1 Å². The van der Waals surface area contributed by atoms with Crippen LogP contribution in [0, 0.1) is 26.4 Å². The molecule has 6 heteroatoms. The predicted molar refractivity (Wildman–Crippen MR) is 321 cm³/mol. The van der Waals surface area contributed by atoms with Crippen molar-refractivity contribution in [2.45, 2.75) is 198 Å². The van der Waals surface area contributed by atoms with Crippen LogP contribution < -0.4 is 5.32 Å². The van der Waals surface area contributed by atoms with Gasteiger partial charge in [0.2, 0.25) is 11.4 Å². The quantitative estimate of drug-likeness (QED) is 0.0659. The first kappa shape index (κ1) is 68.4. The molecule has 0 bridgehead atoms. The number of nitrogens with zero attached hydrogens (tertiary/aromatic N) is 2. The van der Waals surface area contributed by atoms with Gasteiger partial charge in [0.25, 0.3) is 0 Å². The molecule has 0 saturated heterocycles. The zero-order valence-electron chi connectivity index (χ0n) is 49.8. The van der Waals surface area contributed by atoms with Crippen molar-refractivity contribution < 1.29 is 30.4 Å². The van der Waals surface area contributed by atoms with Gasteiger partial charge in [0.15, 0.2) is 0 Å². The minimum Gasteiger partial charge on any atom is 0 e. The Bertz CT molecular complexity index is 2430. The fourth-order valence-electron chi connectivity index (χ4n) is 10.2. The second-order valence-electron chi connectivity index (χ2n) is 22.6. The number of hydrogen-bond donors (Lipinski definition) is 1. The minimum absolute atomic E-state index is 0. The molecule has 0 aliphatic rings. The Morgan fingerprint density at radius 1 is 0.289 bits per heavy atom. The zero-order valence-corrected chi connectivity index (χ0v) is 51.8.